The van der Waals surface area contributed by atoms with Gasteiger partial charge in [-0.3, -0.25) is 4.79 Å². The maximum absolute atomic E-state index is 13.1. The predicted octanol–water partition coefficient (Wildman–Crippen LogP) is 0.805. The van der Waals surface area contributed by atoms with Crippen molar-refractivity contribution in [3.8, 4) is 0 Å². The van der Waals surface area contributed by atoms with Crippen molar-refractivity contribution in [3.63, 3.8) is 0 Å². The molecule has 0 amide bonds. The molecule has 0 fully saturated rings. The van der Waals surface area contributed by atoms with E-state index in [1.54, 1.807) is 37.5 Å². The lowest BCUT2D eigenvalue weighted by Gasteiger charge is -2.21. The molecule has 1 aromatic carbocycles. The van der Waals surface area contributed by atoms with Gasteiger partial charge in [0.25, 0.3) is 11.5 Å². The molecule has 1 atom stereocenters. The summed E-state index contributed by atoms with van der Waals surface area (Å²) in [6, 6.07) is 10.9. The van der Waals surface area contributed by atoms with Gasteiger partial charge in [-0.1, -0.05) is 0 Å². The minimum atomic E-state index is -0.560. The first kappa shape index (κ1) is 15.1. The molecule has 4 rings (SSSR count). The van der Waals surface area contributed by atoms with Crippen molar-refractivity contribution >= 4 is 17.6 Å². The van der Waals surface area contributed by atoms with Crippen LogP contribution in [0.25, 0.3) is 0 Å². The third-order valence-electron chi connectivity index (χ3n) is 3.78. The first-order valence-corrected chi connectivity index (χ1v) is 7.67. The van der Waals surface area contributed by atoms with Crippen molar-refractivity contribution in [3.05, 3.63) is 76.4 Å². The van der Waals surface area contributed by atoms with Gasteiger partial charge in [0.05, 0.1) is 12.0 Å². The van der Waals surface area contributed by atoms with Crippen LogP contribution in [-0.2, 0) is 0 Å². The maximum atomic E-state index is 13.1. The summed E-state index contributed by atoms with van der Waals surface area (Å²) in [5, 5.41) is 6.16. The molecule has 3 aromatic rings. The van der Waals surface area contributed by atoms with Crippen LogP contribution in [0, 0.1) is 12.7 Å². The van der Waals surface area contributed by atoms with Crippen molar-refractivity contribution in [2.75, 3.05) is 10.6 Å². The van der Waals surface area contributed by atoms with Gasteiger partial charge in [-0.05, 0) is 43.3 Å². The zero-order valence-corrected chi connectivity index (χ0v) is 13.3. The number of hydrogen-bond acceptors (Lipinski definition) is 5. The number of anilines is 2. The molecular formula is C17H15FN5O2+. The van der Waals surface area contributed by atoms with Crippen LogP contribution in [0.15, 0.2) is 57.9 Å². The highest BCUT2D eigenvalue weighted by atomic mass is 19.1. The standard InChI is InChI=1S/C17H14FN5O2/c1-10-9-14(24)23-15(13-3-2-8-25-13)21-16(22-17(23)19-10)20-12-6-4-11(18)5-7-12/h2-9,15H,1H3,(H2,19,20,21,22)/p+1/t15-/m1/s1. The molecule has 126 valence electrons. The van der Waals surface area contributed by atoms with E-state index < -0.39 is 6.17 Å². The molecule has 1 aliphatic heterocycles. The van der Waals surface area contributed by atoms with Crippen LogP contribution in [0.4, 0.5) is 16.0 Å². The smallest absolute Gasteiger partial charge is 0.357 e. The Morgan fingerprint density at radius 1 is 1.32 bits per heavy atom. The average molecular weight is 340 g/mol. The number of guanidine groups is 1. The summed E-state index contributed by atoms with van der Waals surface area (Å²) in [6.07, 6.45) is 0.980. The largest absolute Gasteiger partial charge is 0.464 e. The number of aryl methyl sites for hydroxylation is 1. The minimum absolute atomic E-state index is 0.204. The number of hydrogen-bond donors (Lipinski definition) is 3. The number of fused-ring (bicyclic) bond motifs is 1. The van der Waals surface area contributed by atoms with Crippen molar-refractivity contribution in [2.45, 2.75) is 13.1 Å². The Balaban J connectivity index is 1.76. The van der Waals surface area contributed by atoms with E-state index in [1.165, 1.54) is 22.8 Å². The molecule has 0 spiro atoms. The second kappa shape index (κ2) is 5.90. The van der Waals surface area contributed by atoms with E-state index in [1.807, 2.05) is 0 Å². The van der Waals surface area contributed by atoms with Gasteiger partial charge in [-0.2, -0.15) is 0 Å². The van der Waals surface area contributed by atoms with E-state index in [4.69, 9.17) is 4.42 Å². The summed E-state index contributed by atoms with van der Waals surface area (Å²) in [7, 11) is 0. The van der Waals surface area contributed by atoms with Crippen LogP contribution in [0.3, 0.4) is 0 Å². The van der Waals surface area contributed by atoms with Gasteiger partial charge in [0, 0.05) is 11.8 Å². The van der Waals surface area contributed by atoms with E-state index in [0.717, 1.165) is 0 Å². The monoisotopic (exact) mass is 340 g/mol. The van der Waals surface area contributed by atoms with E-state index in [2.05, 4.69) is 20.6 Å². The number of furan rings is 1. The number of halogens is 1. The summed E-state index contributed by atoms with van der Waals surface area (Å²) >= 11 is 0. The third kappa shape index (κ3) is 2.89. The maximum Gasteiger partial charge on any atom is 0.357 e. The zero-order chi connectivity index (χ0) is 17.4. The van der Waals surface area contributed by atoms with Gasteiger partial charge in [0.2, 0.25) is 6.17 Å². The van der Waals surface area contributed by atoms with E-state index in [9.17, 15) is 9.18 Å². The van der Waals surface area contributed by atoms with Crippen molar-refractivity contribution < 1.29 is 13.8 Å². The number of nitrogens with zero attached hydrogens (tertiary/aromatic N) is 2. The molecule has 25 heavy (non-hydrogen) atoms. The van der Waals surface area contributed by atoms with Crippen LogP contribution in [0.5, 0.6) is 0 Å². The highest BCUT2D eigenvalue weighted by Gasteiger charge is 2.30. The normalized spacial score (nSPS) is 15.9. The molecule has 1 aliphatic rings. The van der Waals surface area contributed by atoms with Crippen LogP contribution in [-0.4, -0.2) is 15.5 Å². The molecular weight excluding hydrogens is 325 g/mol. The number of benzene rings is 1. The lowest BCUT2D eigenvalue weighted by molar-refractivity contribution is -0.523. The average Bonchev–Trinajstić information content (AvgIpc) is 3.10. The Hall–Kier alpha value is -3.42. The second-order valence-electron chi connectivity index (χ2n) is 5.62. The predicted molar refractivity (Wildman–Crippen MR) is 89.7 cm³/mol. The Morgan fingerprint density at radius 3 is 2.84 bits per heavy atom. The Kier molecular flexibility index (Phi) is 3.57. The lowest BCUT2D eigenvalue weighted by Crippen LogP contribution is -2.82. The van der Waals surface area contributed by atoms with E-state index in [-0.39, 0.29) is 11.4 Å². The van der Waals surface area contributed by atoms with Crippen LogP contribution in [0.1, 0.15) is 17.6 Å². The Labute approximate surface area is 141 Å². The van der Waals surface area contributed by atoms with Gasteiger partial charge in [0.1, 0.15) is 5.82 Å². The molecule has 2 aromatic heterocycles. The van der Waals surface area contributed by atoms with E-state index >= 15 is 0 Å². The number of aromatic nitrogens is 2. The molecule has 8 heteroatoms. The van der Waals surface area contributed by atoms with Gasteiger partial charge < -0.3 is 4.42 Å². The Morgan fingerprint density at radius 2 is 2.12 bits per heavy atom. The van der Waals surface area contributed by atoms with Gasteiger partial charge in [0.15, 0.2) is 5.76 Å². The topological polar surface area (TPSA) is 86.1 Å². The quantitative estimate of drug-likeness (QED) is 0.643. The molecule has 0 saturated carbocycles. The molecule has 0 unspecified atom stereocenters. The molecule has 3 N–H and O–H groups in total. The third-order valence-corrected chi connectivity index (χ3v) is 3.78. The second-order valence-corrected chi connectivity index (χ2v) is 5.62. The summed E-state index contributed by atoms with van der Waals surface area (Å²) in [4.78, 5) is 20.0. The van der Waals surface area contributed by atoms with Crippen LogP contribution < -0.4 is 21.2 Å². The molecule has 0 saturated heterocycles. The van der Waals surface area contributed by atoms with Gasteiger partial charge in [-0.25, -0.2) is 29.6 Å². The fourth-order valence-corrected chi connectivity index (χ4v) is 2.68. The summed E-state index contributed by atoms with van der Waals surface area (Å²) in [5.74, 6) is 1.14. The number of rotatable bonds is 2. The molecule has 0 radical (unpaired) electrons. The fraction of sp³-hybridized carbons (Fsp3) is 0.118. The van der Waals surface area contributed by atoms with Gasteiger partial charge in [-0.15, -0.1) is 0 Å². The summed E-state index contributed by atoms with van der Waals surface area (Å²) in [6.45, 7) is 1.75. The lowest BCUT2D eigenvalue weighted by atomic mass is 10.3. The molecule has 3 heterocycles. The van der Waals surface area contributed by atoms with Crippen molar-refractivity contribution in [2.24, 2.45) is 0 Å². The summed E-state index contributed by atoms with van der Waals surface area (Å²) < 4.78 is 20.0. The number of nitrogens with one attached hydrogen (secondary N) is 3. The van der Waals surface area contributed by atoms with Crippen LogP contribution in [0.2, 0.25) is 0 Å². The van der Waals surface area contributed by atoms with Gasteiger partial charge >= 0.3 is 5.96 Å². The molecule has 7 nitrogen and oxygen atoms in total. The molecule has 0 bridgehead atoms. The SMILES string of the molecule is Cc1cc(=O)n2c(n1)NC(Nc1ccc(F)cc1)=[NH+][C@H]2c1ccco1. The van der Waals surface area contributed by atoms with Crippen LogP contribution >= 0.6 is 0 Å². The zero-order valence-electron chi connectivity index (χ0n) is 13.3. The first-order chi connectivity index (χ1) is 12.1. The highest BCUT2D eigenvalue weighted by molar-refractivity contribution is 5.99. The van der Waals surface area contributed by atoms with Crippen molar-refractivity contribution in [1.29, 1.82) is 0 Å². The minimum Gasteiger partial charge on any atom is -0.464 e. The molecule has 0 aliphatic carbocycles. The van der Waals surface area contributed by atoms with Crippen molar-refractivity contribution in [1.82, 2.24) is 9.55 Å². The fourth-order valence-electron chi connectivity index (χ4n) is 2.68. The first-order valence-electron chi connectivity index (χ1n) is 7.67. The Bertz CT molecular complexity index is 993. The summed E-state index contributed by atoms with van der Waals surface area (Å²) in [5.41, 5.74) is 1.08. The van der Waals surface area contributed by atoms with E-state index in [0.29, 0.717) is 29.0 Å². The highest BCUT2D eigenvalue weighted by Crippen LogP contribution is 2.17.